The van der Waals surface area contributed by atoms with E-state index in [4.69, 9.17) is 19.3 Å². The number of aromatic nitrogens is 5. The van der Waals surface area contributed by atoms with Gasteiger partial charge in [0, 0.05) is 17.3 Å². The zero-order valence-electron chi connectivity index (χ0n) is 23.2. The van der Waals surface area contributed by atoms with Gasteiger partial charge in [-0.15, -0.1) is 5.10 Å². The van der Waals surface area contributed by atoms with Crippen molar-refractivity contribution >= 4 is 34.5 Å². The Bertz CT molecular complexity index is 1990. The highest BCUT2D eigenvalue weighted by atomic mass is 32.1. The molecule has 0 bridgehead atoms. The van der Waals surface area contributed by atoms with Crippen LogP contribution in [0.25, 0.3) is 40.1 Å². The van der Waals surface area contributed by atoms with Gasteiger partial charge < -0.3 is 14.2 Å². The van der Waals surface area contributed by atoms with Crippen molar-refractivity contribution in [1.29, 1.82) is 0 Å². The molecule has 0 saturated heterocycles. The third-order valence-electron chi connectivity index (χ3n) is 6.52. The number of benzene rings is 3. The van der Waals surface area contributed by atoms with Gasteiger partial charge in [-0.25, -0.2) is 4.68 Å². The minimum Gasteiger partial charge on any atom is -0.497 e. The first-order valence-electron chi connectivity index (χ1n) is 13.3. The summed E-state index contributed by atoms with van der Waals surface area (Å²) in [7, 11) is 3.24. The Balaban J connectivity index is 1.35. The number of nitrogens with zero attached hydrogens (tertiary/aromatic N) is 5. The van der Waals surface area contributed by atoms with Crippen LogP contribution in [0.2, 0.25) is 0 Å². The number of para-hydroxylation sites is 1. The maximum Gasteiger partial charge on any atom is 0.291 e. The SMILES string of the molecule is CCOc1ccc(/C=C/c2nc3s/c(=C\c4cn(-c5ccccc5)nc4-c4ccc(OC)cc4)c(=O)n3n2)cc1OC. The third kappa shape index (κ3) is 5.39. The Labute approximate surface area is 245 Å². The molecule has 9 nitrogen and oxygen atoms in total. The maximum absolute atomic E-state index is 13.4. The molecule has 6 rings (SSSR count). The van der Waals surface area contributed by atoms with E-state index in [0.29, 0.717) is 33.4 Å². The molecule has 0 aliphatic rings. The van der Waals surface area contributed by atoms with Crippen LogP contribution in [0.5, 0.6) is 17.2 Å². The summed E-state index contributed by atoms with van der Waals surface area (Å²) in [6.07, 6.45) is 7.40. The summed E-state index contributed by atoms with van der Waals surface area (Å²) in [5.74, 6) is 2.52. The second-order valence-corrected chi connectivity index (χ2v) is 10.2. The van der Waals surface area contributed by atoms with Crippen LogP contribution in [0, 0.1) is 0 Å². The summed E-state index contributed by atoms with van der Waals surface area (Å²) < 4.78 is 20.0. The van der Waals surface area contributed by atoms with Crippen LogP contribution in [-0.4, -0.2) is 45.2 Å². The van der Waals surface area contributed by atoms with Crippen molar-refractivity contribution in [3.05, 3.63) is 111 Å². The summed E-state index contributed by atoms with van der Waals surface area (Å²) in [6, 6.07) is 23.2. The van der Waals surface area contributed by atoms with Crippen molar-refractivity contribution in [2.24, 2.45) is 0 Å². The molecule has 0 radical (unpaired) electrons. The summed E-state index contributed by atoms with van der Waals surface area (Å²) >= 11 is 1.28. The fourth-order valence-electron chi connectivity index (χ4n) is 4.47. The maximum atomic E-state index is 13.4. The molecule has 210 valence electrons. The van der Waals surface area contributed by atoms with E-state index in [0.717, 1.165) is 33.8 Å². The molecule has 0 saturated carbocycles. The number of hydrogen-bond donors (Lipinski definition) is 0. The molecule has 3 aromatic carbocycles. The Morgan fingerprint density at radius 3 is 2.43 bits per heavy atom. The number of methoxy groups -OCH3 is 2. The van der Waals surface area contributed by atoms with E-state index in [9.17, 15) is 4.79 Å². The largest absolute Gasteiger partial charge is 0.497 e. The molecule has 6 aromatic rings. The molecule has 0 atom stereocenters. The minimum absolute atomic E-state index is 0.238. The molecule has 42 heavy (non-hydrogen) atoms. The predicted octanol–water partition coefficient (Wildman–Crippen LogP) is 5.14. The average molecular weight is 578 g/mol. The monoisotopic (exact) mass is 577 g/mol. The van der Waals surface area contributed by atoms with Gasteiger partial charge in [0.15, 0.2) is 17.3 Å². The Hall–Kier alpha value is -5.22. The Kier molecular flexibility index (Phi) is 7.52. The smallest absolute Gasteiger partial charge is 0.291 e. The van der Waals surface area contributed by atoms with Gasteiger partial charge in [0.1, 0.15) is 11.4 Å². The van der Waals surface area contributed by atoms with E-state index >= 15 is 0 Å². The van der Waals surface area contributed by atoms with E-state index in [1.165, 1.54) is 15.9 Å². The van der Waals surface area contributed by atoms with Gasteiger partial charge >= 0.3 is 0 Å². The lowest BCUT2D eigenvalue weighted by molar-refractivity contribution is 0.311. The Morgan fingerprint density at radius 2 is 1.71 bits per heavy atom. The standard InChI is InChI=1S/C32H27N5O4S/c1-4-41-26-16-10-21(18-27(26)40-3)11-17-29-33-32-37(34-29)31(38)28(42-32)19-23-20-36(24-8-6-5-7-9-24)35-30(23)22-12-14-25(39-2)15-13-22/h5-20H,4H2,1-3H3/b17-11+,28-19-. The zero-order chi connectivity index (χ0) is 29.1. The number of rotatable bonds is 9. The molecule has 10 heteroatoms. The van der Waals surface area contributed by atoms with Gasteiger partial charge in [0.2, 0.25) is 4.96 Å². The molecule has 0 aliphatic carbocycles. The van der Waals surface area contributed by atoms with E-state index in [-0.39, 0.29) is 5.56 Å². The molecule has 0 fully saturated rings. The average Bonchev–Trinajstić information content (AvgIpc) is 3.72. The first-order chi connectivity index (χ1) is 20.6. The van der Waals surface area contributed by atoms with Crippen LogP contribution < -0.4 is 24.3 Å². The van der Waals surface area contributed by atoms with Gasteiger partial charge in [-0.3, -0.25) is 4.79 Å². The quantitative estimate of drug-likeness (QED) is 0.235. The van der Waals surface area contributed by atoms with Gasteiger partial charge in [-0.05, 0) is 73.2 Å². The highest BCUT2D eigenvalue weighted by Crippen LogP contribution is 2.29. The molecule has 3 heterocycles. The van der Waals surface area contributed by atoms with Crippen molar-refractivity contribution in [3.63, 3.8) is 0 Å². The van der Waals surface area contributed by atoms with Crippen LogP contribution in [0.15, 0.2) is 83.8 Å². The van der Waals surface area contributed by atoms with Gasteiger partial charge in [-0.2, -0.15) is 14.6 Å². The van der Waals surface area contributed by atoms with Gasteiger partial charge in [-0.1, -0.05) is 41.7 Å². The van der Waals surface area contributed by atoms with Crippen LogP contribution in [0.4, 0.5) is 0 Å². The number of thiazole rings is 1. The highest BCUT2D eigenvalue weighted by molar-refractivity contribution is 7.15. The van der Waals surface area contributed by atoms with Crippen molar-refractivity contribution < 1.29 is 14.2 Å². The van der Waals surface area contributed by atoms with E-state index in [1.807, 2.05) is 103 Å². The summed E-state index contributed by atoms with van der Waals surface area (Å²) in [5.41, 5.74) is 4.02. The highest BCUT2D eigenvalue weighted by Gasteiger charge is 2.14. The molecule has 0 N–H and O–H groups in total. The van der Waals surface area contributed by atoms with Crippen molar-refractivity contribution in [1.82, 2.24) is 24.4 Å². The van der Waals surface area contributed by atoms with E-state index in [2.05, 4.69) is 10.1 Å². The Morgan fingerprint density at radius 1 is 0.905 bits per heavy atom. The van der Waals surface area contributed by atoms with Crippen molar-refractivity contribution in [3.8, 4) is 34.2 Å². The van der Waals surface area contributed by atoms with E-state index in [1.54, 1.807) is 20.3 Å². The minimum atomic E-state index is -0.238. The van der Waals surface area contributed by atoms with Gasteiger partial charge in [0.05, 0.1) is 31.0 Å². The fraction of sp³-hybridized carbons (Fsp3) is 0.125. The first-order valence-corrected chi connectivity index (χ1v) is 14.1. The van der Waals surface area contributed by atoms with Crippen LogP contribution in [0.1, 0.15) is 23.9 Å². The fourth-order valence-corrected chi connectivity index (χ4v) is 5.38. The molecule has 0 amide bonds. The summed E-state index contributed by atoms with van der Waals surface area (Å²) in [6.45, 7) is 2.48. The number of ether oxygens (including phenoxy) is 3. The number of fused-ring (bicyclic) bond motifs is 1. The molecule has 0 spiro atoms. The molecular weight excluding hydrogens is 550 g/mol. The lowest BCUT2D eigenvalue weighted by Gasteiger charge is -2.09. The lowest BCUT2D eigenvalue weighted by atomic mass is 10.1. The second-order valence-electron chi connectivity index (χ2n) is 9.20. The van der Waals surface area contributed by atoms with Crippen molar-refractivity contribution in [2.75, 3.05) is 20.8 Å². The topological polar surface area (TPSA) is 92.8 Å². The molecular formula is C32H27N5O4S. The summed E-state index contributed by atoms with van der Waals surface area (Å²) in [5, 5.41) is 9.29. The zero-order valence-corrected chi connectivity index (χ0v) is 24.0. The predicted molar refractivity (Wildman–Crippen MR) is 165 cm³/mol. The molecule has 0 unspecified atom stereocenters. The molecule has 3 aromatic heterocycles. The second kappa shape index (κ2) is 11.7. The number of hydrogen-bond acceptors (Lipinski definition) is 8. The van der Waals surface area contributed by atoms with Crippen LogP contribution >= 0.6 is 11.3 Å². The summed E-state index contributed by atoms with van der Waals surface area (Å²) in [4.78, 5) is 18.4. The van der Waals surface area contributed by atoms with Gasteiger partial charge in [0.25, 0.3) is 5.56 Å². The van der Waals surface area contributed by atoms with Crippen molar-refractivity contribution in [2.45, 2.75) is 6.92 Å². The van der Waals surface area contributed by atoms with E-state index < -0.39 is 0 Å². The lowest BCUT2D eigenvalue weighted by Crippen LogP contribution is -2.23. The molecule has 0 aliphatic heterocycles. The van der Waals surface area contributed by atoms with Crippen LogP contribution in [-0.2, 0) is 0 Å². The third-order valence-corrected chi connectivity index (χ3v) is 7.48. The van der Waals surface area contributed by atoms with Crippen LogP contribution in [0.3, 0.4) is 0 Å². The normalized spacial score (nSPS) is 11.9. The first kappa shape index (κ1) is 27.0.